The van der Waals surface area contributed by atoms with Crippen LogP contribution in [0, 0.1) is 0 Å². The van der Waals surface area contributed by atoms with Crippen LogP contribution < -0.4 is 0 Å². The number of nitrogens with zero attached hydrogens (tertiary/aromatic N) is 7. The molecular formula is C17H17N7S. The molecule has 4 rings (SSSR count). The lowest BCUT2D eigenvalue weighted by Crippen LogP contribution is -2.02. The first-order valence-corrected chi connectivity index (χ1v) is 9.08. The topological polar surface area (TPSA) is 73.8 Å². The Morgan fingerprint density at radius 1 is 1.12 bits per heavy atom. The molecule has 4 aromatic rings. The summed E-state index contributed by atoms with van der Waals surface area (Å²) in [7, 11) is 0. The molecule has 0 aliphatic rings. The third-order valence-electron chi connectivity index (χ3n) is 3.74. The zero-order valence-electron chi connectivity index (χ0n) is 13.8. The zero-order valence-corrected chi connectivity index (χ0v) is 14.6. The molecule has 0 amide bonds. The van der Waals surface area contributed by atoms with Gasteiger partial charge in [-0.05, 0) is 24.6 Å². The van der Waals surface area contributed by atoms with Crippen molar-refractivity contribution in [3.05, 3.63) is 54.9 Å². The summed E-state index contributed by atoms with van der Waals surface area (Å²) < 4.78 is 4.09. The average molecular weight is 351 g/mol. The number of rotatable bonds is 6. The van der Waals surface area contributed by atoms with E-state index in [0.29, 0.717) is 5.78 Å². The highest BCUT2D eigenvalue weighted by Gasteiger charge is 2.14. The Kier molecular flexibility index (Phi) is 4.43. The first kappa shape index (κ1) is 15.8. The maximum absolute atomic E-state index is 4.53. The highest BCUT2D eigenvalue weighted by molar-refractivity contribution is 7.98. The van der Waals surface area contributed by atoms with Crippen LogP contribution in [0.2, 0.25) is 0 Å². The van der Waals surface area contributed by atoms with E-state index >= 15 is 0 Å². The monoisotopic (exact) mass is 351 g/mol. The Morgan fingerprint density at radius 2 is 2.00 bits per heavy atom. The van der Waals surface area contributed by atoms with E-state index in [9.17, 15) is 0 Å². The van der Waals surface area contributed by atoms with Gasteiger partial charge in [0, 0.05) is 48.8 Å². The Labute approximate surface area is 149 Å². The van der Waals surface area contributed by atoms with E-state index in [4.69, 9.17) is 0 Å². The van der Waals surface area contributed by atoms with Gasteiger partial charge in [0.05, 0.1) is 5.69 Å². The number of hydrogen-bond acceptors (Lipinski definition) is 6. The summed E-state index contributed by atoms with van der Waals surface area (Å²) in [5.41, 5.74) is 2.00. The summed E-state index contributed by atoms with van der Waals surface area (Å²) in [6.45, 7) is 3.03. The number of hydrogen-bond donors (Lipinski definition) is 0. The number of imidazole rings is 1. The molecule has 0 aromatic carbocycles. The van der Waals surface area contributed by atoms with Gasteiger partial charge in [0.25, 0.3) is 0 Å². The van der Waals surface area contributed by atoms with Crippen molar-refractivity contribution in [1.29, 1.82) is 0 Å². The van der Waals surface area contributed by atoms with E-state index in [2.05, 4.69) is 36.6 Å². The van der Waals surface area contributed by atoms with Gasteiger partial charge in [-0.1, -0.05) is 18.7 Å². The quantitative estimate of drug-likeness (QED) is 0.497. The Hall–Kier alpha value is -2.74. The minimum Gasteiger partial charge on any atom is -0.302 e. The van der Waals surface area contributed by atoms with Crippen LogP contribution in [0.3, 0.4) is 0 Å². The molecule has 0 spiro atoms. The molecular weight excluding hydrogens is 334 g/mol. The van der Waals surface area contributed by atoms with Gasteiger partial charge >= 0.3 is 0 Å². The van der Waals surface area contributed by atoms with Crippen LogP contribution in [0.5, 0.6) is 0 Å². The molecule has 8 heteroatoms. The van der Waals surface area contributed by atoms with Gasteiger partial charge in [-0.3, -0.25) is 9.38 Å². The first-order chi connectivity index (χ1) is 12.3. The molecule has 0 saturated heterocycles. The maximum Gasteiger partial charge on any atom is 0.233 e. The standard InChI is InChI=1S/C17H17N7S/c1-2-9-24-15(13-4-7-18-8-5-13)21-22-17(24)25-12-14-11-23-10-3-6-19-16(23)20-14/h3-8,10-11H,2,9,12H2,1H3. The van der Waals surface area contributed by atoms with E-state index < -0.39 is 0 Å². The molecule has 0 atom stereocenters. The first-order valence-electron chi connectivity index (χ1n) is 8.10. The molecule has 0 aliphatic heterocycles. The van der Waals surface area contributed by atoms with Crippen LogP contribution in [0.4, 0.5) is 0 Å². The molecule has 4 aromatic heterocycles. The maximum atomic E-state index is 4.53. The summed E-state index contributed by atoms with van der Waals surface area (Å²) in [5, 5.41) is 9.67. The molecule has 0 fully saturated rings. The van der Waals surface area contributed by atoms with Crippen molar-refractivity contribution in [3.63, 3.8) is 0 Å². The van der Waals surface area contributed by atoms with E-state index in [-0.39, 0.29) is 0 Å². The van der Waals surface area contributed by atoms with E-state index in [1.165, 1.54) is 0 Å². The number of fused-ring (bicyclic) bond motifs is 1. The lowest BCUT2D eigenvalue weighted by molar-refractivity contribution is 0.626. The van der Waals surface area contributed by atoms with Crippen LogP contribution in [-0.2, 0) is 12.3 Å². The Balaban J connectivity index is 1.58. The molecule has 0 N–H and O–H groups in total. The van der Waals surface area contributed by atoms with Crippen LogP contribution in [0.1, 0.15) is 19.0 Å². The smallest absolute Gasteiger partial charge is 0.233 e. The van der Waals surface area contributed by atoms with Crippen molar-refractivity contribution in [2.24, 2.45) is 0 Å². The third kappa shape index (κ3) is 3.25. The number of aromatic nitrogens is 7. The minimum absolute atomic E-state index is 0.714. The third-order valence-corrected chi connectivity index (χ3v) is 4.74. The minimum atomic E-state index is 0.714. The fourth-order valence-corrected chi connectivity index (χ4v) is 3.47. The fourth-order valence-electron chi connectivity index (χ4n) is 2.62. The predicted octanol–water partition coefficient (Wildman–Crippen LogP) is 3.09. The SMILES string of the molecule is CCCn1c(SCc2cn3cccnc3n2)nnc1-c1ccncc1. The van der Waals surface area contributed by atoms with Crippen LogP contribution in [0.15, 0.2) is 54.3 Å². The van der Waals surface area contributed by atoms with Gasteiger partial charge in [0.1, 0.15) is 0 Å². The van der Waals surface area contributed by atoms with Crippen LogP contribution >= 0.6 is 11.8 Å². The summed E-state index contributed by atoms with van der Waals surface area (Å²) in [5.74, 6) is 2.32. The van der Waals surface area contributed by atoms with Crippen molar-refractivity contribution in [2.45, 2.75) is 30.8 Å². The molecule has 0 unspecified atom stereocenters. The number of thioether (sulfide) groups is 1. The predicted molar refractivity (Wildman–Crippen MR) is 96.1 cm³/mol. The molecule has 0 saturated carbocycles. The van der Waals surface area contributed by atoms with E-state index in [1.54, 1.807) is 30.4 Å². The van der Waals surface area contributed by atoms with Crippen LogP contribution in [0.25, 0.3) is 17.2 Å². The molecule has 0 aliphatic carbocycles. The second-order valence-corrected chi connectivity index (χ2v) is 6.48. The van der Waals surface area contributed by atoms with E-state index in [1.807, 2.05) is 35.0 Å². The average Bonchev–Trinajstić information content (AvgIpc) is 3.24. The Bertz CT molecular complexity index is 944. The zero-order chi connectivity index (χ0) is 17.1. The van der Waals surface area contributed by atoms with Crippen molar-refractivity contribution in [1.82, 2.24) is 34.1 Å². The Morgan fingerprint density at radius 3 is 2.80 bits per heavy atom. The lowest BCUT2D eigenvalue weighted by atomic mass is 10.2. The van der Waals surface area contributed by atoms with Crippen molar-refractivity contribution >= 4 is 17.5 Å². The normalized spacial score (nSPS) is 11.2. The van der Waals surface area contributed by atoms with Crippen molar-refractivity contribution in [2.75, 3.05) is 0 Å². The summed E-state index contributed by atoms with van der Waals surface area (Å²) >= 11 is 1.64. The molecule has 126 valence electrons. The van der Waals surface area contributed by atoms with Gasteiger partial charge in [-0.15, -0.1) is 10.2 Å². The second kappa shape index (κ2) is 7.02. The summed E-state index contributed by atoms with van der Waals surface area (Å²) in [4.78, 5) is 12.9. The van der Waals surface area contributed by atoms with Gasteiger partial charge < -0.3 is 4.57 Å². The number of pyridine rings is 1. The molecule has 4 heterocycles. The van der Waals surface area contributed by atoms with Gasteiger partial charge in [-0.25, -0.2) is 9.97 Å². The van der Waals surface area contributed by atoms with Gasteiger partial charge in [0.15, 0.2) is 11.0 Å². The molecule has 0 bridgehead atoms. The summed E-state index contributed by atoms with van der Waals surface area (Å²) in [6.07, 6.45) is 10.3. The van der Waals surface area contributed by atoms with Crippen molar-refractivity contribution in [3.8, 4) is 11.4 Å². The highest BCUT2D eigenvalue weighted by Crippen LogP contribution is 2.26. The second-order valence-electron chi connectivity index (χ2n) is 5.54. The highest BCUT2D eigenvalue weighted by atomic mass is 32.2. The molecule has 25 heavy (non-hydrogen) atoms. The van der Waals surface area contributed by atoms with Gasteiger partial charge in [0.2, 0.25) is 5.78 Å². The lowest BCUT2D eigenvalue weighted by Gasteiger charge is -2.08. The fraction of sp³-hybridized carbons (Fsp3) is 0.235. The van der Waals surface area contributed by atoms with Crippen molar-refractivity contribution < 1.29 is 0 Å². The molecule has 0 radical (unpaired) electrons. The summed E-state index contributed by atoms with van der Waals surface area (Å²) in [6, 6.07) is 5.81. The van der Waals surface area contributed by atoms with E-state index in [0.717, 1.165) is 41.0 Å². The largest absolute Gasteiger partial charge is 0.302 e. The van der Waals surface area contributed by atoms with Crippen LogP contribution in [-0.4, -0.2) is 34.1 Å². The molecule has 7 nitrogen and oxygen atoms in total. The van der Waals surface area contributed by atoms with Gasteiger partial charge in [-0.2, -0.15) is 0 Å².